The highest BCUT2D eigenvalue weighted by atomic mass is 19.1. The van der Waals surface area contributed by atoms with Gasteiger partial charge in [0.1, 0.15) is 11.9 Å². The van der Waals surface area contributed by atoms with Crippen LogP contribution in [-0.4, -0.2) is 41.0 Å². The first-order valence-corrected chi connectivity index (χ1v) is 8.53. The monoisotopic (exact) mass is 336 g/mol. The second-order valence-electron chi connectivity index (χ2n) is 6.16. The second-order valence-corrected chi connectivity index (χ2v) is 6.16. The summed E-state index contributed by atoms with van der Waals surface area (Å²) < 4.78 is 12.9. The van der Waals surface area contributed by atoms with E-state index < -0.39 is 12.1 Å². The molecule has 0 bridgehead atoms. The number of halogens is 1. The van der Waals surface area contributed by atoms with Gasteiger partial charge in [0, 0.05) is 19.5 Å². The molecular weight excluding hydrogens is 311 g/mol. The molecule has 2 N–H and O–H groups in total. The Hall–Kier alpha value is -1.95. The largest absolute Gasteiger partial charge is 0.387 e. The minimum Gasteiger partial charge on any atom is -0.387 e. The van der Waals surface area contributed by atoms with Gasteiger partial charge in [-0.2, -0.15) is 0 Å². The van der Waals surface area contributed by atoms with Gasteiger partial charge in [-0.3, -0.25) is 9.59 Å². The fourth-order valence-electron chi connectivity index (χ4n) is 2.98. The molecule has 0 aromatic heterocycles. The lowest BCUT2D eigenvalue weighted by molar-refractivity contribution is -0.142. The van der Waals surface area contributed by atoms with Crippen LogP contribution in [0.1, 0.15) is 50.7 Å². The molecule has 2 atom stereocenters. The topological polar surface area (TPSA) is 69.6 Å². The highest BCUT2D eigenvalue weighted by Crippen LogP contribution is 2.19. The summed E-state index contributed by atoms with van der Waals surface area (Å²) in [7, 11) is 0. The van der Waals surface area contributed by atoms with Gasteiger partial charge in [-0.05, 0) is 43.4 Å². The van der Waals surface area contributed by atoms with E-state index in [9.17, 15) is 19.1 Å². The molecule has 132 valence electrons. The number of likely N-dealkylation sites (tertiary alicyclic amines) is 1. The van der Waals surface area contributed by atoms with Crippen molar-refractivity contribution >= 4 is 11.8 Å². The fraction of sp³-hybridized carbons (Fsp3) is 0.556. The number of aliphatic hydroxyl groups is 1. The smallest absolute Gasteiger partial charge is 0.242 e. The summed E-state index contributed by atoms with van der Waals surface area (Å²) in [5.41, 5.74) is 0.541. The molecule has 0 aliphatic carbocycles. The third-order valence-electron chi connectivity index (χ3n) is 4.31. The lowest BCUT2D eigenvalue weighted by Crippen LogP contribution is -2.52. The van der Waals surface area contributed by atoms with Crippen molar-refractivity contribution in [3.63, 3.8) is 0 Å². The molecule has 1 fully saturated rings. The maximum absolute atomic E-state index is 12.9. The van der Waals surface area contributed by atoms with Crippen LogP contribution in [0.4, 0.5) is 4.39 Å². The highest BCUT2D eigenvalue weighted by Gasteiger charge is 2.31. The van der Waals surface area contributed by atoms with Crippen molar-refractivity contribution < 1.29 is 19.1 Å². The molecule has 1 aromatic carbocycles. The molecule has 6 heteroatoms. The number of piperidine rings is 1. The number of amides is 2. The maximum atomic E-state index is 12.9. The summed E-state index contributed by atoms with van der Waals surface area (Å²) in [5, 5.41) is 12.8. The molecule has 0 saturated carbocycles. The standard InChI is InChI=1S/C18H25FN2O3/c1-2-5-17(23)21-11-4-3-6-15(21)18(24)20-12-16(22)13-7-9-14(19)10-8-13/h7-10,15-16,22H,2-6,11-12H2,1H3,(H,20,24). The summed E-state index contributed by atoms with van der Waals surface area (Å²) in [5.74, 6) is -0.598. The van der Waals surface area contributed by atoms with Gasteiger partial charge in [0.2, 0.25) is 11.8 Å². The van der Waals surface area contributed by atoms with Crippen molar-refractivity contribution in [1.29, 1.82) is 0 Å². The van der Waals surface area contributed by atoms with E-state index in [1.54, 1.807) is 4.90 Å². The molecular formula is C18H25FN2O3. The van der Waals surface area contributed by atoms with Gasteiger partial charge in [-0.15, -0.1) is 0 Å². The molecule has 24 heavy (non-hydrogen) atoms. The molecule has 1 aliphatic rings. The Balaban J connectivity index is 1.92. The quantitative estimate of drug-likeness (QED) is 0.836. The number of nitrogens with one attached hydrogen (secondary N) is 1. The van der Waals surface area contributed by atoms with Gasteiger partial charge in [-0.25, -0.2) is 4.39 Å². The predicted molar refractivity (Wildman–Crippen MR) is 88.6 cm³/mol. The molecule has 2 amide bonds. The first-order chi connectivity index (χ1) is 11.5. The van der Waals surface area contributed by atoms with Crippen molar-refractivity contribution in [2.45, 2.75) is 51.2 Å². The molecule has 1 saturated heterocycles. The number of hydrogen-bond donors (Lipinski definition) is 2. The zero-order valence-electron chi connectivity index (χ0n) is 14.0. The van der Waals surface area contributed by atoms with Crippen LogP contribution in [0, 0.1) is 5.82 Å². The highest BCUT2D eigenvalue weighted by molar-refractivity contribution is 5.87. The van der Waals surface area contributed by atoms with E-state index in [1.807, 2.05) is 6.92 Å². The zero-order valence-corrected chi connectivity index (χ0v) is 14.0. The number of hydrogen-bond acceptors (Lipinski definition) is 3. The van der Waals surface area contributed by atoms with Crippen LogP contribution < -0.4 is 5.32 Å². The molecule has 1 aliphatic heterocycles. The Morgan fingerprint density at radius 2 is 2.04 bits per heavy atom. The molecule has 5 nitrogen and oxygen atoms in total. The van der Waals surface area contributed by atoms with E-state index in [-0.39, 0.29) is 24.2 Å². The Morgan fingerprint density at radius 1 is 1.33 bits per heavy atom. The maximum Gasteiger partial charge on any atom is 0.242 e. The van der Waals surface area contributed by atoms with Crippen LogP contribution in [-0.2, 0) is 9.59 Å². The van der Waals surface area contributed by atoms with Crippen molar-refractivity contribution in [3.8, 4) is 0 Å². The van der Waals surface area contributed by atoms with Crippen LogP contribution in [0.25, 0.3) is 0 Å². The van der Waals surface area contributed by atoms with E-state index in [2.05, 4.69) is 5.32 Å². The predicted octanol–water partition coefficient (Wildman–Crippen LogP) is 2.16. The molecule has 0 radical (unpaired) electrons. The van der Waals surface area contributed by atoms with E-state index in [0.717, 1.165) is 19.3 Å². The summed E-state index contributed by atoms with van der Waals surface area (Å²) in [6.45, 7) is 2.59. The van der Waals surface area contributed by atoms with Crippen molar-refractivity contribution in [2.24, 2.45) is 0 Å². The Labute approximate surface area is 141 Å². The lowest BCUT2D eigenvalue weighted by atomic mass is 10.0. The first kappa shape index (κ1) is 18.4. The number of aliphatic hydroxyl groups excluding tert-OH is 1. The number of rotatable bonds is 6. The average molecular weight is 336 g/mol. The normalized spacial score (nSPS) is 19.0. The molecule has 1 aromatic rings. The number of benzene rings is 1. The molecule has 1 heterocycles. The fourth-order valence-corrected chi connectivity index (χ4v) is 2.98. The lowest BCUT2D eigenvalue weighted by Gasteiger charge is -2.35. The summed E-state index contributed by atoms with van der Waals surface area (Å²) in [4.78, 5) is 26.3. The van der Waals surface area contributed by atoms with E-state index in [0.29, 0.717) is 24.9 Å². The Bertz CT molecular complexity index is 562. The Kier molecular flexibility index (Phi) is 6.73. The number of carbonyl (C=O) groups excluding carboxylic acids is 2. The third kappa shape index (κ3) is 4.77. The van der Waals surface area contributed by atoms with Crippen LogP contribution in [0.5, 0.6) is 0 Å². The second kappa shape index (κ2) is 8.78. The van der Waals surface area contributed by atoms with Crippen LogP contribution in [0.15, 0.2) is 24.3 Å². The zero-order chi connectivity index (χ0) is 17.5. The molecule has 2 rings (SSSR count). The molecule has 2 unspecified atom stereocenters. The van der Waals surface area contributed by atoms with Gasteiger partial charge in [0.15, 0.2) is 0 Å². The van der Waals surface area contributed by atoms with E-state index in [1.165, 1.54) is 24.3 Å². The summed E-state index contributed by atoms with van der Waals surface area (Å²) in [6, 6.07) is 5.06. The third-order valence-corrected chi connectivity index (χ3v) is 4.31. The van der Waals surface area contributed by atoms with Gasteiger partial charge < -0.3 is 15.3 Å². The van der Waals surface area contributed by atoms with E-state index in [4.69, 9.17) is 0 Å². The van der Waals surface area contributed by atoms with Gasteiger partial charge in [-0.1, -0.05) is 19.1 Å². The Morgan fingerprint density at radius 3 is 2.71 bits per heavy atom. The van der Waals surface area contributed by atoms with Gasteiger partial charge >= 0.3 is 0 Å². The van der Waals surface area contributed by atoms with Gasteiger partial charge in [0.05, 0.1) is 6.10 Å². The number of nitrogens with zero attached hydrogens (tertiary/aromatic N) is 1. The number of carbonyl (C=O) groups is 2. The van der Waals surface area contributed by atoms with Crippen LogP contribution in [0.3, 0.4) is 0 Å². The van der Waals surface area contributed by atoms with Gasteiger partial charge in [0.25, 0.3) is 0 Å². The first-order valence-electron chi connectivity index (χ1n) is 8.53. The molecule has 0 spiro atoms. The van der Waals surface area contributed by atoms with Crippen molar-refractivity contribution in [2.75, 3.05) is 13.1 Å². The van der Waals surface area contributed by atoms with Crippen molar-refractivity contribution in [3.05, 3.63) is 35.6 Å². The average Bonchev–Trinajstić information content (AvgIpc) is 2.60. The van der Waals surface area contributed by atoms with Crippen molar-refractivity contribution in [1.82, 2.24) is 10.2 Å². The minimum absolute atomic E-state index is 0.0106. The summed E-state index contributed by atoms with van der Waals surface area (Å²) in [6.07, 6.45) is 2.77. The van der Waals surface area contributed by atoms with E-state index >= 15 is 0 Å². The summed E-state index contributed by atoms with van der Waals surface area (Å²) >= 11 is 0. The van der Waals surface area contributed by atoms with Crippen LogP contribution >= 0.6 is 0 Å². The minimum atomic E-state index is -0.905. The SMILES string of the molecule is CCCC(=O)N1CCCCC1C(=O)NCC(O)c1ccc(F)cc1. The van der Waals surface area contributed by atoms with Crippen LogP contribution in [0.2, 0.25) is 0 Å².